The summed E-state index contributed by atoms with van der Waals surface area (Å²) in [5.74, 6) is -0.711. The highest BCUT2D eigenvalue weighted by Gasteiger charge is 2.26. The molecule has 0 bridgehead atoms. The Morgan fingerprint density at radius 3 is 3.00 bits per heavy atom. The number of aliphatic hydroxyl groups is 1. The van der Waals surface area contributed by atoms with E-state index in [0.717, 1.165) is 37.6 Å². The highest BCUT2D eigenvalue weighted by molar-refractivity contribution is 5.21. The first-order valence-corrected chi connectivity index (χ1v) is 7.07. The predicted octanol–water partition coefficient (Wildman–Crippen LogP) is 2.40. The zero-order valence-corrected chi connectivity index (χ0v) is 11.6. The van der Waals surface area contributed by atoms with Gasteiger partial charge in [-0.3, -0.25) is 0 Å². The Bertz CT molecular complexity index is 442. The largest absolute Gasteiger partial charge is 0.387 e. The minimum Gasteiger partial charge on any atom is -0.387 e. The molecule has 5 heteroatoms. The van der Waals surface area contributed by atoms with Gasteiger partial charge in [0.15, 0.2) is 0 Å². The van der Waals surface area contributed by atoms with E-state index in [1.165, 1.54) is 0 Å². The summed E-state index contributed by atoms with van der Waals surface area (Å²) in [5, 5.41) is 13.0. The van der Waals surface area contributed by atoms with Gasteiger partial charge in [-0.2, -0.15) is 0 Å². The van der Waals surface area contributed by atoms with Crippen molar-refractivity contribution in [2.45, 2.75) is 32.0 Å². The lowest BCUT2D eigenvalue weighted by atomic mass is 9.99. The fourth-order valence-corrected chi connectivity index (χ4v) is 2.66. The Balaban J connectivity index is 1.83. The molecule has 3 nitrogen and oxygen atoms in total. The third kappa shape index (κ3) is 3.75. The molecule has 0 amide bonds. The van der Waals surface area contributed by atoms with Crippen LogP contribution >= 0.6 is 0 Å². The van der Waals surface area contributed by atoms with Crippen LogP contribution < -0.4 is 5.32 Å². The van der Waals surface area contributed by atoms with Crippen molar-refractivity contribution < 1.29 is 18.6 Å². The Hall–Kier alpha value is -1.04. The molecule has 20 heavy (non-hydrogen) atoms. The Morgan fingerprint density at radius 2 is 2.25 bits per heavy atom. The second kappa shape index (κ2) is 7.11. The highest BCUT2D eigenvalue weighted by Crippen LogP contribution is 2.23. The Kier molecular flexibility index (Phi) is 5.46. The smallest absolute Gasteiger partial charge is 0.129 e. The van der Waals surface area contributed by atoms with Gasteiger partial charge in [0.05, 0.1) is 12.2 Å². The molecule has 1 aliphatic rings. The molecule has 2 rings (SSSR count). The summed E-state index contributed by atoms with van der Waals surface area (Å²) in [4.78, 5) is 0. The van der Waals surface area contributed by atoms with E-state index >= 15 is 0 Å². The fraction of sp³-hybridized carbons (Fsp3) is 0.600. The molecular weight excluding hydrogens is 264 g/mol. The van der Waals surface area contributed by atoms with Crippen molar-refractivity contribution in [2.75, 3.05) is 19.7 Å². The van der Waals surface area contributed by atoms with Crippen LogP contribution in [0, 0.1) is 17.6 Å². The molecule has 3 unspecified atom stereocenters. The number of hydrogen-bond acceptors (Lipinski definition) is 3. The van der Waals surface area contributed by atoms with Crippen LogP contribution in [-0.4, -0.2) is 30.9 Å². The topological polar surface area (TPSA) is 41.5 Å². The fourth-order valence-electron chi connectivity index (χ4n) is 2.66. The summed E-state index contributed by atoms with van der Waals surface area (Å²) in [6, 6.07) is 3.11. The van der Waals surface area contributed by atoms with Crippen molar-refractivity contribution in [2.24, 2.45) is 5.92 Å². The van der Waals surface area contributed by atoms with Gasteiger partial charge in [0.2, 0.25) is 0 Å². The van der Waals surface area contributed by atoms with Gasteiger partial charge in [0.1, 0.15) is 11.6 Å². The SMILES string of the molecule is CCC1OCCC1CNCC(O)c1cc(F)ccc1F. The first-order valence-electron chi connectivity index (χ1n) is 7.07. The standard InChI is InChI=1S/C15H21F2NO2/c1-2-15-10(5-6-20-15)8-18-9-14(19)12-7-11(16)3-4-13(12)17/h3-4,7,10,14-15,18-19H,2,5-6,8-9H2,1H3. The van der Waals surface area contributed by atoms with Gasteiger partial charge in [-0.15, -0.1) is 0 Å². The van der Waals surface area contributed by atoms with E-state index < -0.39 is 17.7 Å². The molecule has 0 aromatic heterocycles. The van der Waals surface area contributed by atoms with E-state index in [9.17, 15) is 13.9 Å². The zero-order valence-electron chi connectivity index (χ0n) is 11.6. The van der Waals surface area contributed by atoms with E-state index in [0.29, 0.717) is 12.5 Å². The van der Waals surface area contributed by atoms with E-state index in [-0.39, 0.29) is 18.2 Å². The summed E-state index contributed by atoms with van der Waals surface area (Å²) in [5.41, 5.74) is -0.00721. The monoisotopic (exact) mass is 285 g/mol. The molecule has 1 aromatic rings. The lowest BCUT2D eigenvalue weighted by molar-refractivity contribution is 0.0857. The molecule has 1 saturated heterocycles. The van der Waals surface area contributed by atoms with E-state index in [4.69, 9.17) is 4.74 Å². The van der Waals surface area contributed by atoms with Crippen LogP contribution in [0.4, 0.5) is 8.78 Å². The van der Waals surface area contributed by atoms with Crippen molar-refractivity contribution in [1.82, 2.24) is 5.32 Å². The van der Waals surface area contributed by atoms with Crippen molar-refractivity contribution >= 4 is 0 Å². The van der Waals surface area contributed by atoms with Crippen LogP contribution in [0.5, 0.6) is 0 Å². The van der Waals surface area contributed by atoms with E-state index in [2.05, 4.69) is 12.2 Å². The van der Waals surface area contributed by atoms with Crippen LogP contribution in [0.15, 0.2) is 18.2 Å². The van der Waals surface area contributed by atoms with Crippen LogP contribution in [0.1, 0.15) is 31.4 Å². The molecule has 0 spiro atoms. The maximum Gasteiger partial charge on any atom is 0.129 e. The van der Waals surface area contributed by atoms with Gasteiger partial charge in [-0.25, -0.2) is 8.78 Å². The number of nitrogens with one attached hydrogen (secondary N) is 1. The first kappa shape index (κ1) is 15.4. The van der Waals surface area contributed by atoms with Crippen LogP contribution in [0.2, 0.25) is 0 Å². The number of benzene rings is 1. The maximum absolute atomic E-state index is 13.5. The third-order valence-corrected chi connectivity index (χ3v) is 3.81. The molecular formula is C15H21F2NO2. The Morgan fingerprint density at radius 1 is 1.45 bits per heavy atom. The number of hydrogen-bond donors (Lipinski definition) is 2. The van der Waals surface area contributed by atoms with E-state index in [1.807, 2.05) is 0 Å². The van der Waals surface area contributed by atoms with Crippen LogP contribution in [0.25, 0.3) is 0 Å². The molecule has 0 radical (unpaired) electrons. The summed E-state index contributed by atoms with van der Waals surface area (Å²) >= 11 is 0. The van der Waals surface area contributed by atoms with Gasteiger partial charge < -0.3 is 15.2 Å². The predicted molar refractivity (Wildman–Crippen MR) is 72.3 cm³/mol. The number of ether oxygens (including phenoxy) is 1. The summed E-state index contributed by atoms with van der Waals surface area (Å²) in [7, 11) is 0. The number of rotatable bonds is 6. The van der Waals surface area contributed by atoms with Gasteiger partial charge in [-0.1, -0.05) is 6.92 Å². The molecule has 1 heterocycles. The maximum atomic E-state index is 13.5. The second-order valence-corrected chi connectivity index (χ2v) is 5.21. The lowest BCUT2D eigenvalue weighted by Crippen LogP contribution is -2.31. The summed E-state index contributed by atoms with van der Waals surface area (Å²) in [6.45, 7) is 3.77. The molecule has 0 saturated carbocycles. The lowest BCUT2D eigenvalue weighted by Gasteiger charge is -2.19. The number of aliphatic hydroxyl groups excluding tert-OH is 1. The van der Waals surface area contributed by atoms with E-state index in [1.54, 1.807) is 0 Å². The van der Waals surface area contributed by atoms with Crippen molar-refractivity contribution in [3.63, 3.8) is 0 Å². The van der Waals surface area contributed by atoms with Gasteiger partial charge in [0, 0.05) is 25.3 Å². The first-order chi connectivity index (χ1) is 9.61. The van der Waals surface area contributed by atoms with Gasteiger partial charge >= 0.3 is 0 Å². The zero-order chi connectivity index (χ0) is 14.5. The minimum atomic E-state index is -1.05. The van der Waals surface area contributed by atoms with Crippen molar-refractivity contribution in [3.8, 4) is 0 Å². The molecule has 1 aliphatic heterocycles. The second-order valence-electron chi connectivity index (χ2n) is 5.21. The quantitative estimate of drug-likeness (QED) is 0.843. The molecule has 1 fully saturated rings. The summed E-state index contributed by atoms with van der Waals surface area (Å²) in [6.07, 6.45) is 1.17. The molecule has 3 atom stereocenters. The average molecular weight is 285 g/mol. The molecule has 2 N–H and O–H groups in total. The molecule has 0 aliphatic carbocycles. The normalized spacial score (nSPS) is 24.0. The highest BCUT2D eigenvalue weighted by atomic mass is 19.1. The van der Waals surface area contributed by atoms with Crippen molar-refractivity contribution in [3.05, 3.63) is 35.4 Å². The minimum absolute atomic E-state index is 0.00721. The van der Waals surface area contributed by atoms with Crippen LogP contribution in [-0.2, 0) is 4.74 Å². The van der Waals surface area contributed by atoms with Crippen LogP contribution in [0.3, 0.4) is 0 Å². The number of halogens is 2. The summed E-state index contributed by atoms with van der Waals surface area (Å²) < 4.78 is 32.1. The van der Waals surface area contributed by atoms with Crippen molar-refractivity contribution in [1.29, 1.82) is 0 Å². The van der Waals surface area contributed by atoms with Gasteiger partial charge in [-0.05, 0) is 37.0 Å². The van der Waals surface area contributed by atoms with Gasteiger partial charge in [0.25, 0.3) is 0 Å². The Labute approximate surface area is 117 Å². The molecule has 112 valence electrons. The third-order valence-electron chi connectivity index (χ3n) is 3.81. The average Bonchev–Trinajstić information content (AvgIpc) is 2.89. The molecule has 1 aromatic carbocycles.